The van der Waals surface area contributed by atoms with Crippen LogP contribution < -0.4 is 15.6 Å². The predicted octanol–water partition coefficient (Wildman–Crippen LogP) is 2.95. The predicted molar refractivity (Wildman–Crippen MR) is 171 cm³/mol. The van der Waals surface area contributed by atoms with Gasteiger partial charge in [-0.25, -0.2) is 0 Å². The van der Waals surface area contributed by atoms with Crippen molar-refractivity contribution in [1.29, 1.82) is 0 Å². The average molecular weight is 639 g/mol. The van der Waals surface area contributed by atoms with Crippen LogP contribution in [0.2, 0.25) is 6.04 Å². The Morgan fingerprint density at radius 3 is 1.85 bits per heavy atom. The van der Waals surface area contributed by atoms with Gasteiger partial charge in [-0.3, -0.25) is 19.2 Å². The van der Waals surface area contributed by atoms with E-state index in [0.717, 1.165) is 15.6 Å². The Balaban J connectivity index is 1.40. The molecule has 2 heterocycles. The molecule has 4 fully saturated rings. The molecule has 2 spiro atoms. The molecule has 0 radical (unpaired) electrons. The Labute approximate surface area is 269 Å². The monoisotopic (exact) mass is 638 g/mol. The number of Topliss-reactive ketones (excluding diaryl/α,β-unsaturated/α-hetero) is 2. The number of benzene rings is 3. The molecule has 3 aromatic rings. The second-order valence-electron chi connectivity index (χ2n) is 13.2. The summed E-state index contributed by atoms with van der Waals surface area (Å²) in [4.78, 5) is 56.9. The second kappa shape index (κ2) is 11.4. The first kappa shape index (κ1) is 30.7. The van der Waals surface area contributed by atoms with E-state index in [4.69, 9.17) is 18.9 Å². The molecule has 7 rings (SSSR count). The van der Waals surface area contributed by atoms with Crippen molar-refractivity contribution in [3.63, 3.8) is 0 Å². The van der Waals surface area contributed by atoms with Crippen molar-refractivity contribution in [3.8, 4) is 0 Å². The number of carbonyl (C=O) groups excluding carboxylic acids is 4. The van der Waals surface area contributed by atoms with E-state index < -0.39 is 54.6 Å². The van der Waals surface area contributed by atoms with Crippen LogP contribution in [0.25, 0.3) is 0 Å². The second-order valence-corrected chi connectivity index (χ2v) is 17.1. The van der Waals surface area contributed by atoms with E-state index in [1.807, 2.05) is 54.6 Å². The smallest absolute Gasteiger partial charge is 0.320 e. The van der Waals surface area contributed by atoms with Crippen molar-refractivity contribution in [2.24, 2.45) is 22.7 Å². The Morgan fingerprint density at radius 2 is 1.35 bits per heavy atom. The summed E-state index contributed by atoms with van der Waals surface area (Å²) in [5.41, 5.74) is -3.60. The summed E-state index contributed by atoms with van der Waals surface area (Å²) in [7, 11) is -1.65. The molecule has 5 atom stereocenters. The molecule has 2 aliphatic heterocycles. The first-order chi connectivity index (χ1) is 22.3. The molecule has 3 aromatic carbocycles. The van der Waals surface area contributed by atoms with Crippen LogP contribution in [-0.2, 0) is 38.1 Å². The molecule has 0 bridgehead atoms. The van der Waals surface area contributed by atoms with Crippen molar-refractivity contribution in [2.45, 2.75) is 50.5 Å². The lowest BCUT2D eigenvalue weighted by molar-refractivity contribution is -0.274. The third-order valence-electron chi connectivity index (χ3n) is 11.1. The molecule has 8 nitrogen and oxygen atoms in total. The summed E-state index contributed by atoms with van der Waals surface area (Å²) in [6.07, 6.45) is -0.628. The number of ketones is 2. The normalized spacial score (nSPS) is 30.3. The first-order valence-corrected chi connectivity index (χ1v) is 18.3. The number of carbonyl (C=O) groups is 4. The van der Waals surface area contributed by atoms with Gasteiger partial charge < -0.3 is 18.9 Å². The maximum atomic E-state index is 14.5. The van der Waals surface area contributed by atoms with Crippen LogP contribution in [0, 0.1) is 22.7 Å². The Bertz CT molecular complexity index is 1550. The van der Waals surface area contributed by atoms with E-state index in [0.29, 0.717) is 6.04 Å². The van der Waals surface area contributed by atoms with Gasteiger partial charge >= 0.3 is 11.9 Å². The molecule has 4 aliphatic rings. The van der Waals surface area contributed by atoms with Crippen LogP contribution >= 0.6 is 0 Å². The summed E-state index contributed by atoms with van der Waals surface area (Å²) >= 11 is 0. The summed E-state index contributed by atoms with van der Waals surface area (Å²) in [6, 6.07) is 31.3. The maximum absolute atomic E-state index is 14.5. The number of hydrogen-bond donors (Lipinski definition) is 0. The molecule has 46 heavy (non-hydrogen) atoms. The van der Waals surface area contributed by atoms with Gasteiger partial charge in [0.15, 0.2) is 25.4 Å². The van der Waals surface area contributed by atoms with Gasteiger partial charge in [-0.05, 0) is 27.5 Å². The summed E-state index contributed by atoms with van der Waals surface area (Å²) in [6.45, 7) is 2.17. The standard InChI is InChI=1S/C37H38O8Si/c1-25-22-31(39)35(32-36(43-20-21-44-36)19-18-30(38)37(25,32)34(41)42-2)23-26(45-33(35)40)24-46(27-12-6-3-7-13-27,28-14-8-4-9-15-28)29-16-10-5-11-17-29/h3-17,25-26,32H,18-24H2,1-2H3/t25-,26?,32?,35+,37+/m0/s1. The maximum Gasteiger partial charge on any atom is 0.320 e. The van der Waals surface area contributed by atoms with Crippen molar-refractivity contribution in [1.82, 2.24) is 0 Å². The topological polar surface area (TPSA) is 105 Å². The lowest BCUT2D eigenvalue weighted by atomic mass is 9.43. The highest BCUT2D eigenvalue weighted by atomic mass is 28.3. The van der Waals surface area contributed by atoms with Crippen LogP contribution in [-0.4, -0.2) is 63.8 Å². The van der Waals surface area contributed by atoms with Crippen LogP contribution in [0.15, 0.2) is 91.0 Å². The van der Waals surface area contributed by atoms with Crippen LogP contribution in [0.5, 0.6) is 0 Å². The lowest BCUT2D eigenvalue weighted by Gasteiger charge is -2.58. The number of esters is 2. The van der Waals surface area contributed by atoms with Gasteiger partial charge in [-0.2, -0.15) is 0 Å². The molecular weight excluding hydrogens is 600 g/mol. The number of ether oxygens (including phenoxy) is 4. The Kier molecular flexibility index (Phi) is 7.61. The van der Waals surface area contributed by atoms with Gasteiger partial charge in [0.25, 0.3) is 0 Å². The fourth-order valence-electron chi connectivity index (χ4n) is 9.32. The molecule has 2 aliphatic carbocycles. The van der Waals surface area contributed by atoms with E-state index in [-0.39, 0.29) is 50.5 Å². The zero-order chi connectivity index (χ0) is 32.2. The van der Waals surface area contributed by atoms with Crippen molar-refractivity contribution >= 4 is 47.1 Å². The van der Waals surface area contributed by atoms with Crippen molar-refractivity contribution < 1.29 is 38.1 Å². The average Bonchev–Trinajstić information content (AvgIpc) is 3.69. The fraction of sp³-hybridized carbons (Fsp3) is 0.405. The van der Waals surface area contributed by atoms with Gasteiger partial charge in [0.2, 0.25) is 0 Å². The van der Waals surface area contributed by atoms with E-state index >= 15 is 0 Å². The van der Waals surface area contributed by atoms with Crippen molar-refractivity contribution in [2.75, 3.05) is 20.3 Å². The molecule has 2 saturated carbocycles. The third kappa shape index (κ3) is 4.17. The minimum absolute atomic E-state index is 0.0177. The van der Waals surface area contributed by atoms with Gasteiger partial charge in [-0.15, -0.1) is 0 Å². The van der Waals surface area contributed by atoms with Crippen LogP contribution in [0.3, 0.4) is 0 Å². The van der Waals surface area contributed by atoms with E-state index in [1.54, 1.807) is 6.92 Å². The highest BCUT2D eigenvalue weighted by Gasteiger charge is 2.80. The van der Waals surface area contributed by atoms with Crippen LogP contribution in [0.4, 0.5) is 0 Å². The molecule has 2 saturated heterocycles. The van der Waals surface area contributed by atoms with Crippen LogP contribution in [0.1, 0.15) is 32.6 Å². The zero-order valence-electron chi connectivity index (χ0n) is 26.1. The lowest BCUT2D eigenvalue weighted by Crippen LogP contribution is -2.72. The Morgan fingerprint density at radius 1 is 0.826 bits per heavy atom. The molecule has 0 N–H and O–H groups in total. The number of methoxy groups -OCH3 is 1. The molecule has 238 valence electrons. The molecule has 0 aromatic heterocycles. The highest BCUT2D eigenvalue weighted by Crippen LogP contribution is 2.66. The van der Waals surface area contributed by atoms with Gasteiger partial charge in [0.05, 0.1) is 26.2 Å². The number of cyclic esters (lactones) is 1. The zero-order valence-corrected chi connectivity index (χ0v) is 27.1. The summed E-state index contributed by atoms with van der Waals surface area (Å²) < 4.78 is 24.2. The van der Waals surface area contributed by atoms with E-state index in [1.165, 1.54) is 7.11 Å². The molecule has 0 amide bonds. The van der Waals surface area contributed by atoms with E-state index in [9.17, 15) is 19.2 Å². The number of rotatable bonds is 6. The van der Waals surface area contributed by atoms with E-state index in [2.05, 4.69) is 36.4 Å². The number of hydrogen-bond acceptors (Lipinski definition) is 8. The van der Waals surface area contributed by atoms with Gasteiger partial charge in [0, 0.05) is 25.7 Å². The highest BCUT2D eigenvalue weighted by molar-refractivity contribution is 7.11. The third-order valence-corrected chi connectivity index (χ3v) is 16.2. The fourth-order valence-corrected chi connectivity index (χ4v) is 14.2. The molecule has 9 heteroatoms. The minimum atomic E-state index is -2.89. The molecule has 2 unspecified atom stereocenters. The van der Waals surface area contributed by atoms with Gasteiger partial charge in [-0.1, -0.05) is 97.9 Å². The number of fused-ring (bicyclic) bond motifs is 3. The first-order valence-electron chi connectivity index (χ1n) is 16.1. The quantitative estimate of drug-likeness (QED) is 0.176. The summed E-state index contributed by atoms with van der Waals surface area (Å²) in [5.74, 6) is -5.52. The van der Waals surface area contributed by atoms with Crippen molar-refractivity contribution in [3.05, 3.63) is 91.0 Å². The van der Waals surface area contributed by atoms with Gasteiger partial charge in [0.1, 0.15) is 16.9 Å². The Hall–Kier alpha value is -3.92. The molecular formula is C37H38O8Si. The summed E-state index contributed by atoms with van der Waals surface area (Å²) in [5, 5.41) is 3.43. The minimum Gasteiger partial charge on any atom is -0.468 e. The SMILES string of the molecule is COC(=O)[C@]12C(=O)CCC3(OCCO3)C1[C@@]1(CC(C[Si](c3ccccc3)(c3ccccc3)c3ccccc3)OC1=O)C(=O)C[C@@H]2C. The largest absolute Gasteiger partial charge is 0.468 e.